The summed E-state index contributed by atoms with van der Waals surface area (Å²) in [6.45, 7) is 6.09. The minimum atomic E-state index is -0.363. The Labute approximate surface area is 164 Å². The molecule has 27 heavy (non-hydrogen) atoms. The average Bonchev–Trinajstić information content (AvgIpc) is 2.65. The molecule has 1 amide bonds. The van der Waals surface area contributed by atoms with Gasteiger partial charge in [0.1, 0.15) is 5.75 Å². The lowest BCUT2D eigenvalue weighted by atomic mass is 10.1. The van der Waals surface area contributed by atoms with E-state index >= 15 is 0 Å². The fraction of sp³-hybridized carbons (Fsp3) is 0.333. The minimum Gasteiger partial charge on any atom is -0.484 e. The third-order valence-electron chi connectivity index (χ3n) is 3.92. The summed E-state index contributed by atoms with van der Waals surface area (Å²) in [6, 6.07) is 10.1. The van der Waals surface area contributed by atoms with E-state index in [1.54, 1.807) is 36.4 Å². The van der Waals surface area contributed by atoms with Crippen molar-refractivity contribution in [2.45, 2.75) is 33.6 Å². The van der Waals surface area contributed by atoms with Gasteiger partial charge in [-0.2, -0.15) is 0 Å². The zero-order chi connectivity index (χ0) is 19.8. The lowest BCUT2D eigenvalue weighted by Crippen LogP contribution is -2.20. The smallest absolute Gasteiger partial charge is 0.338 e. The predicted octanol–water partition coefficient (Wildman–Crippen LogP) is 4.93. The van der Waals surface area contributed by atoms with Crippen LogP contribution in [-0.2, 0) is 9.53 Å². The number of carbonyl (C=O) groups is 2. The highest BCUT2D eigenvalue weighted by Crippen LogP contribution is 2.25. The Morgan fingerprint density at radius 3 is 2.30 bits per heavy atom. The van der Waals surface area contributed by atoms with Crippen molar-refractivity contribution in [2.75, 3.05) is 18.5 Å². The molecule has 0 bridgehead atoms. The molecule has 0 aromatic heterocycles. The Kier molecular flexibility index (Phi) is 7.67. The molecule has 0 radical (unpaired) electrons. The molecule has 0 fully saturated rings. The Balaban J connectivity index is 1.86. The van der Waals surface area contributed by atoms with Crippen LogP contribution in [0.4, 0.5) is 5.69 Å². The number of hydrogen-bond acceptors (Lipinski definition) is 4. The van der Waals surface area contributed by atoms with Gasteiger partial charge in [0.25, 0.3) is 5.91 Å². The van der Waals surface area contributed by atoms with Crippen LogP contribution in [0, 0.1) is 13.8 Å². The van der Waals surface area contributed by atoms with Crippen molar-refractivity contribution < 1.29 is 19.1 Å². The second-order valence-corrected chi connectivity index (χ2v) is 6.65. The van der Waals surface area contributed by atoms with E-state index in [9.17, 15) is 9.59 Å². The van der Waals surface area contributed by atoms with Crippen molar-refractivity contribution in [3.05, 3.63) is 58.1 Å². The lowest BCUT2D eigenvalue weighted by molar-refractivity contribution is -0.118. The van der Waals surface area contributed by atoms with Crippen molar-refractivity contribution in [2.24, 2.45) is 0 Å². The first kappa shape index (κ1) is 20.8. The van der Waals surface area contributed by atoms with Gasteiger partial charge in [0.05, 0.1) is 12.2 Å². The van der Waals surface area contributed by atoms with Gasteiger partial charge in [-0.05, 0) is 67.8 Å². The molecule has 0 aliphatic carbocycles. The van der Waals surface area contributed by atoms with Crippen molar-refractivity contribution >= 4 is 29.2 Å². The topological polar surface area (TPSA) is 64.6 Å². The summed E-state index contributed by atoms with van der Waals surface area (Å²) in [5.74, 6) is -0.0635. The van der Waals surface area contributed by atoms with Gasteiger partial charge in [0, 0.05) is 10.7 Å². The van der Waals surface area contributed by atoms with E-state index in [4.69, 9.17) is 21.1 Å². The SMILES string of the molecule is CCCCOC(=O)c1ccc(NC(=O)COc2cc(C)c(Cl)c(C)c2)cc1. The third-order valence-corrected chi connectivity index (χ3v) is 4.51. The van der Waals surface area contributed by atoms with Gasteiger partial charge < -0.3 is 14.8 Å². The van der Waals surface area contributed by atoms with Crippen LogP contribution in [0.15, 0.2) is 36.4 Å². The molecule has 0 spiro atoms. The van der Waals surface area contributed by atoms with E-state index in [1.807, 2.05) is 20.8 Å². The highest BCUT2D eigenvalue weighted by Gasteiger charge is 2.09. The summed E-state index contributed by atoms with van der Waals surface area (Å²) < 4.78 is 10.7. The van der Waals surface area contributed by atoms with E-state index < -0.39 is 0 Å². The highest BCUT2D eigenvalue weighted by atomic mass is 35.5. The number of aryl methyl sites for hydroxylation is 2. The summed E-state index contributed by atoms with van der Waals surface area (Å²) in [4.78, 5) is 23.9. The number of amides is 1. The molecule has 2 rings (SSSR count). The summed E-state index contributed by atoms with van der Waals surface area (Å²) in [6.07, 6.45) is 1.81. The van der Waals surface area contributed by atoms with Gasteiger partial charge in [-0.25, -0.2) is 4.79 Å². The molecule has 2 aromatic rings. The molecule has 0 saturated heterocycles. The van der Waals surface area contributed by atoms with Crippen LogP contribution in [-0.4, -0.2) is 25.1 Å². The number of nitrogens with one attached hydrogen (secondary N) is 1. The Morgan fingerprint density at radius 1 is 1.07 bits per heavy atom. The molecule has 144 valence electrons. The van der Waals surface area contributed by atoms with Gasteiger partial charge in [-0.15, -0.1) is 0 Å². The maximum absolute atomic E-state index is 12.1. The number of ether oxygens (including phenoxy) is 2. The number of unbranched alkanes of at least 4 members (excludes halogenated alkanes) is 1. The fourth-order valence-electron chi connectivity index (χ4n) is 2.42. The second-order valence-electron chi connectivity index (χ2n) is 6.27. The first-order valence-corrected chi connectivity index (χ1v) is 9.25. The van der Waals surface area contributed by atoms with Crippen molar-refractivity contribution in [3.63, 3.8) is 0 Å². The maximum Gasteiger partial charge on any atom is 0.338 e. The molecule has 2 aromatic carbocycles. The molecule has 0 atom stereocenters. The normalized spacial score (nSPS) is 10.4. The van der Waals surface area contributed by atoms with Gasteiger partial charge in [-0.1, -0.05) is 24.9 Å². The van der Waals surface area contributed by atoms with Crippen molar-refractivity contribution in [1.29, 1.82) is 0 Å². The fourth-order valence-corrected chi connectivity index (χ4v) is 2.53. The van der Waals surface area contributed by atoms with E-state index in [0.29, 0.717) is 28.6 Å². The van der Waals surface area contributed by atoms with E-state index in [0.717, 1.165) is 24.0 Å². The minimum absolute atomic E-state index is 0.124. The molecule has 6 heteroatoms. The van der Waals surface area contributed by atoms with Crippen LogP contribution in [0.5, 0.6) is 5.75 Å². The molecule has 0 unspecified atom stereocenters. The lowest BCUT2D eigenvalue weighted by Gasteiger charge is -2.10. The number of hydrogen-bond donors (Lipinski definition) is 1. The largest absolute Gasteiger partial charge is 0.484 e. The average molecular weight is 390 g/mol. The van der Waals surface area contributed by atoms with Gasteiger partial charge in [-0.3, -0.25) is 4.79 Å². The quantitative estimate of drug-likeness (QED) is 0.513. The standard InChI is InChI=1S/C21H24ClNO4/c1-4-5-10-26-21(25)16-6-8-17(9-7-16)23-19(24)13-27-18-11-14(2)20(22)15(3)12-18/h6-9,11-12H,4-5,10,13H2,1-3H3,(H,23,24). The second kappa shape index (κ2) is 9.97. The van der Waals surface area contributed by atoms with Crippen molar-refractivity contribution in [1.82, 2.24) is 0 Å². The van der Waals surface area contributed by atoms with Crippen LogP contribution in [0.25, 0.3) is 0 Å². The molecule has 0 heterocycles. The third kappa shape index (κ3) is 6.29. The first-order valence-electron chi connectivity index (χ1n) is 8.87. The molecule has 0 saturated carbocycles. The Hall–Kier alpha value is -2.53. The van der Waals surface area contributed by atoms with Crippen LogP contribution in [0.3, 0.4) is 0 Å². The molecule has 1 N–H and O–H groups in total. The zero-order valence-corrected chi connectivity index (χ0v) is 16.6. The zero-order valence-electron chi connectivity index (χ0n) is 15.8. The summed E-state index contributed by atoms with van der Waals surface area (Å²) in [5.41, 5.74) is 2.83. The monoisotopic (exact) mass is 389 g/mol. The Bertz CT molecular complexity index is 779. The van der Waals surface area contributed by atoms with Crippen molar-refractivity contribution in [3.8, 4) is 5.75 Å². The molecule has 5 nitrogen and oxygen atoms in total. The first-order chi connectivity index (χ1) is 12.9. The molecule has 0 aliphatic rings. The number of benzene rings is 2. The van der Waals surface area contributed by atoms with Crippen LogP contribution in [0.1, 0.15) is 41.3 Å². The van der Waals surface area contributed by atoms with Gasteiger partial charge in [0.15, 0.2) is 6.61 Å². The van der Waals surface area contributed by atoms with Crippen LogP contribution < -0.4 is 10.1 Å². The van der Waals surface area contributed by atoms with Crippen LogP contribution >= 0.6 is 11.6 Å². The number of esters is 1. The van der Waals surface area contributed by atoms with E-state index in [2.05, 4.69) is 5.32 Å². The predicted molar refractivity (Wildman–Crippen MR) is 107 cm³/mol. The highest BCUT2D eigenvalue weighted by molar-refractivity contribution is 6.32. The number of halogens is 1. The number of carbonyl (C=O) groups excluding carboxylic acids is 2. The summed E-state index contributed by atoms with van der Waals surface area (Å²) in [7, 11) is 0. The van der Waals surface area contributed by atoms with Gasteiger partial charge >= 0.3 is 5.97 Å². The molecule has 0 aliphatic heterocycles. The Morgan fingerprint density at radius 2 is 1.70 bits per heavy atom. The van der Waals surface area contributed by atoms with Crippen LogP contribution in [0.2, 0.25) is 5.02 Å². The van der Waals surface area contributed by atoms with Gasteiger partial charge in [0.2, 0.25) is 0 Å². The van der Waals surface area contributed by atoms with E-state index in [1.165, 1.54) is 0 Å². The van der Waals surface area contributed by atoms with E-state index in [-0.39, 0.29) is 18.5 Å². The maximum atomic E-state index is 12.1. The molecular formula is C21H24ClNO4. The number of anilines is 1. The number of rotatable bonds is 8. The summed E-state index contributed by atoms with van der Waals surface area (Å²) in [5, 5.41) is 3.42. The summed E-state index contributed by atoms with van der Waals surface area (Å²) >= 11 is 6.12. The molecular weight excluding hydrogens is 366 g/mol.